The van der Waals surface area contributed by atoms with Crippen molar-refractivity contribution in [2.75, 3.05) is 25.6 Å². The summed E-state index contributed by atoms with van der Waals surface area (Å²) < 4.78 is 7.40. The highest BCUT2D eigenvalue weighted by Gasteiger charge is 2.09. The second-order valence-corrected chi connectivity index (χ2v) is 5.03. The van der Waals surface area contributed by atoms with E-state index in [1.165, 1.54) is 0 Å². The van der Waals surface area contributed by atoms with Crippen LogP contribution >= 0.6 is 11.8 Å². The zero-order valence-corrected chi connectivity index (χ0v) is 11.6. The molecule has 2 rings (SSSR count). The maximum atomic E-state index is 8.63. The van der Waals surface area contributed by atoms with Crippen molar-refractivity contribution < 1.29 is 9.84 Å². The van der Waals surface area contributed by atoms with Gasteiger partial charge in [-0.2, -0.15) is 0 Å². The van der Waals surface area contributed by atoms with Gasteiger partial charge in [-0.3, -0.25) is 0 Å². The van der Waals surface area contributed by atoms with Crippen molar-refractivity contribution in [2.45, 2.75) is 11.7 Å². The van der Waals surface area contributed by atoms with Gasteiger partial charge in [0.2, 0.25) is 0 Å². The van der Waals surface area contributed by atoms with Crippen LogP contribution in [-0.4, -0.2) is 40.2 Å². The number of allylic oxidation sites excluding steroid dienone is 1. The summed E-state index contributed by atoms with van der Waals surface area (Å²) in [5.41, 5.74) is 2.13. The van der Waals surface area contributed by atoms with E-state index in [1.807, 2.05) is 24.3 Å². The molecule has 0 radical (unpaired) electrons. The molecule has 19 heavy (non-hydrogen) atoms. The number of fused-ring (bicyclic) bond motifs is 1. The molecule has 0 aliphatic rings. The van der Waals surface area contributed by atoms with E-state index in [4.69, 9.17) is 9.84 Å². The Labute approximate surface area is 117 Å². The van der Waals surface area contributed by atoms with Gasteiger partial charge in [0.05, 0.1) is 30.9 Å². The molecule has 1 heterocycles. The van der Waals surface area contributed by atoms with E-state index in [2.05, 4.69) is 22.2 Å². The number of imidazole rings is 1. The fraction of sp³-hybridized carbons (Fsp3) is 0.357. The predicted molar refractivity (Wildman–Crippen MR) is 78.6 cm³/mol. The van der Waals surface area contributed by atoms with Crippen molar-refractivity contribution in [1.29, 1.82) is 0 Å². The van der Waals surface area contributed by atoms with E-state index in [9.17, 15) is 0 Å². The normalized spacial score (nSPS) is 11.0. The molecular formula is C14H18N2O2S. The highest BCUT2D eigenvalue weighted by atomic mass is 32.2. The summed E-state index contributed by atoms with van der Waals surface area (Å²) in [4.78, 5) is 4.62. The average molecular weight is 278 g/mol. The lowest BCUT2D eigenvalue weighted by atomic mass is 10.3. The van der Waals surface area contributed by atoms with Crippen LogP contribution in [0.25, 0.3) is 11.0 Å². The number of rotatable bonds is 8. The molecule has 0 aliphatic heterocycles. The van der Waals surface area contributed by atoms with Crippen LogP contribution in [0.2, 0.25) is 0 Å². The van der Waals surface area contributed by atoms with Crippen LogP contribution in [0.15, 0.2) is 42.1 Å². The van der Waals surface area contributed by atoms with E-state index in [0.717, 1.165) is 28.5 Å². The lowest BCUT2D eigenvalue weighted by Gasteiger charge is -2.06. The lowest BCUT2D eigenvalue weighted by Crippen LogP contribution is -2.04. The minimum atomic E-state index is 0.0691. The third kappa shape index (κ3) is 3.59. The fourth-order valence-corrected chi connectivity index (χ4v) is 2.70. The van der Waals surface area contributed by atoms with Gasteiger partial charge in [-0.15, -0.1) is 6.58 Å². The number of aliphatic hydroxyl groups excluding tert-OH is 1. The van der Waals surface area contributed by atoms with Gasteiger partial charge in [0.15, 0.2) is 5.16 Å². The van der Waals surface area contributed by atoms with Gasteiger partial charge in [0.25, 0.3) is 0 Å². The predicted octanol–water partition coefficient (Wildman–Crippen LogP) is 2.32. The van der Waals surface area contributed by atoms with E-state index >= 15 is 0 Å². The molecular weight excluding hydrogens is 260 g/mol. The molecule has 0 bridgehead atoms. The zero-order valence-electron chi connectivity index (χ0n) is 10.8. The topological polar surface area (TPSA) is 47.3 Å². The average Bonchev–Trinajstić information content (AvgIpc) is 2.78. The monoisotopic (exact) mass is 278 g/mol. The number of aromatic nitrogens is 2. The highest BCUT2D eigenvalue weighted by molar-refractivity contribution is 7.99. The number of aliphatic hydroxyl groups is 1. The number of hydrogen-bond acceptors (Lipinski definition) is 4. The number of nitrogens with zero attached hydrogens (tertiary/aromatic N) is 2. The van der Waals surface area contributed by atoms with Crippen molar-refractivity contribution in [3.63, 3.8) is 0 Å². The Balaban J connectivity index is 2.08. The fourth-order valence-electron chi connectivity index (χ4n) is 1.83. The Morgan fingerprint density at radius 1 is 1.37 bits per heavy atom. The Hall–Kier alpha value is -1.30. The van der Waals surface area contributed by atoms with Crippen LogP contribution < -0.4 is 0 Å². The molecule has 102 valence electrons. The van der Waals surface area contributed by atoms with Gasteiger partial charge in [-0.05, 0) is 12.1 Å². The molecule has 0 saturated heterocycles. The van der Waals surface area contributed by atoms with Crippen molar-refractivity contribution in [3.8, 4) is 0 Å². The van der Waals surface area contributed by atoms with Crippen LogP contribution in [-0.2, 0) is 11.3 Å². The molecule has 5 heteroatoms. The van der Waals surface area contributed by atoms with E-state index in [0.29, 0.717) is 13.2 Å². The first kappa shape index (κ1) is 14.1. The number of hydrogen-bond donors (Lipinski definition) is 1. The smallest absolute Gasteiger partial charge is 0.169 e. The Morgan fingerprint density at radius 3 is 3.00 bits per heavy atom. The highest BCUT2D eigenvalue weighted by Crippen LogP contribution is 2.23. The first-order valence-electron chi connectivity index (χ1n) is 6.24. The van der Waals surface area contributed by atoms with Crippen molar-refractivity contribution in [1.82, 2.24) is 9.55 Å². The molecule has 0 fully saturated rings. The zero-order chi connectivity index (χ0) is 13.5. The molecule has 0 spiro atoms. The van der Waals surface area contributed by atoms with Crippen LogP contribution in [0.1, 0.15) is 0 Å². The number of ether oxygens (including phenoxy) is 1. The Kier molecular flexibility index (Phi) is 5.44. The third-order valence-corrected chi connectivity index (χ3v) is 3.57. The van der Waals surface area contributed by atoms with Gasteiger partial charge in [-0.25, -0.2) is 4.98 Å². The largest absolute Gasteiger partial charge is 0.394 e. The van der Waals surface area contributed by atoms with Crippen molar-refractivity contribution in [2.24, 2.45) is 0 Å². The van der Waals surface area contributed by atoms with Crippen LogP contribution in [0.5, 0.6) is 0 Å². The van der Waals surface area contributed by atoms with E-state index < -0.39 is 0 Å². The molecule has 0 atom stereocenters. The van der Waals surface area contributed by atoms with Crippen LogP contribution in [0.3, 0.4) is 0 Å². The summed E-state index contributed by atoms with van der Waals surface area (Å²) in [6, 6.07) is 8.09. The van der Waals surface area contributed by atoms with Gasteiger partial charge in [0.1, 0.15) is 0 Å². The first-order valence-corrected chi connectivity index (χ1v) is 7.23. The van der Waals surface area contributed by atoms with Crippen LogP contribution in [0, 0.1) is 0 Å². The van der Waals surface area contributed by atoms with Crippen LogP contribution in [0.4, 0.5) is 0 Å². The quantitative estimate of drug-likeness (QED) is 0.457. The molecule has 0 amide bonds. The van der Waals surface area contributed by atoms with Crippen molar-refractivity contribution >= 4 is 22.8 Å². The maximum absolute atomic E-state index is 8.63. The Bertz CT molecular complexity index is 539. The standard InChI is InChI=1S/C14H18N2O2S/c1-2-7-16-13-6-4-3-5-12(13)15-14(16)19-11-10-18-9-8-17/h2-6,17H,1,7-11H2. The Morgan fingerprint density at radius 2 is 2.21 bits per heavy atom. The molecule has 1 aromatic heterocycles. The SMILES string of the molecule is C=CCn1c(SCCOCCO)nc2ccccc21. The number of para-hydroxylation sites is 2. The second kappa shape index (κ2) is 7.33. The van der Waals surface area contributed by atoms with E-state index in [-0.39, 0.29) is 6.61 Å². The summed E-state index contributed by atoms with van der Waals surface area (Å²) in [6.45, 7) is 5.62. The molecule has 1 aromatic carbocycles. The molecule has 0 aliphatic carbocycles. The number of thioether (sulfide) groups is 1. The molecule has 1 N–H and O–H groups in total. The first-order chi connectivity index (χ1) is 9.36. The summed E-state index contributed by atoms with van der Waals surface area (Å²) >= 11 is 1.66. The van der Waals surface area contributed by atoms with Gasteiger partial charge in [-0.1, -0.05) is 30.0 Å². The van der Waals surface area contributed by atoms with E-state index in [1.54, 1.807) is 11.8 Å². The summed E-state index contributed by atoms with van der Waals surface area (Å²) in [6.07, 6.45) is 1.88. The molecule has 4 nitrogen and oxygen atoms in total. The van der Waals surface area contributed by atoms with Gasteiger partial charge >= 0.3 is 0 Å². The minimum Gasteiger partial charge on any atom is -0.394 e. The van der Waals surface area contributed by atoms with Gasteiger partial charge in [0, 0.05) is 12.3 Å². The summed E-state index contributed by atoms with van der Waals surface area (Å²) in [5.74, 6) is 0.820. The minimum absolute atomic E-state index is 0.0691. The molecule has 0 unspecified atom stereocenters. The lowest BCUT2D eigenvalue weighted by molar-refractivity contribution is 0.103. The summed E-state index contributed by atoms with van der Waals surface area (Å²) in [7, 11) is 0. The second-order valence-electron chi connectivity index (χ2n) is 3.97. The molecule has 0 saturated carbocycles. The van der Waals surface area contributed by atoms with Gasteiger partial charge < -0.3 is 14.4 Å². The molecule has 2 aromatic rings. The maximum Gasteiger partial charge on any atom is 0.169 e. The third-order valence-electron chi connectivity index (χ3n) is 2.63. The number of benzene rings is 1. The summed E-state index contributed by atoms with van der Waals surface area (Å²) in [5, 5.41) is 9.61. The van der Waals surface area contributed by atoms with Crippen molar-refractivity contribution in [3.05, 3.63) is 36.9 Å².